The zero-order valence-corrected chi connectivity index (χ0v) is 48.8. The van der Waals surface area contributed by atoms with Crippen LogP contribution in [0, 0.1) is 23.7 Å². The number of ether oxygens (including phenoxy) is 4. The molecule has 2 unspecified atom stereocenters. The van der Waals surface area contributed by atoms with Gasteiger partial charge in [-0.2, -0.15) is 0 Å². The molecule has 0 aliphatic carbocycles. The fourth-order valence-electron chi connectivity index (χ4n) is 6.99. The van der Waals surface area contributed by atoms with Crippen LogP contribution in [-0.4, -0.2) is 78.0 Å². The zero-order chi connectivity index (χ0) is 56.6. The summed E-state index contributed by atoms with van der Waals surface area (Å²) < 4.78 is 61.3. The van der Waals surface area contributed by atoms with Crippen LogP contribution in [0.2, 0.25) is 0 Å². The van der Waals surface area contributed by atoms with Gasteiger partial charge in [-0.15, -0.1) is 0 Å². The van der Waals surface area contributed by atoms with Gasteiger partial charge in [0, 0.05) is 51.3 Å². The number of halogens is 1. The number of carbonyl (C=O) groups excluding carboxylic acids is 2. The highest BCUT2D eigenvalue weighted by Crippen LogP contribution is 2.45. The molecule has 0 fully saturated rings. The number of hydrogen-bond acceptors (Lipinski definition) is 13. The first-order valence-electron chi connectivity index (χ1n) is 25.5. The van der Waals surface area contributed by atoms with Crippen LogP contribution in [0.15, 0.2) is 133 Å². The number of nitrogens with one attached hydrogen (secondary N) is 2. The molecule has 2 heterocycles. The lowest BCUT2D eigenvalue weighted by atomic mass is 10.2. The number of pyridine rings is 2. The summed E-state index contributed by atoms with van der Waals surface area (Å²) in [6.45, 7) is 16.5. The Hall–Kier alpha value is -6.74. The van der Waals surface area contributed by atoms with Crippen LogP contribution in [0.5, 0.6) is 11.5 Å². The van der Waals surface area contributed by atoms with Crippen LogP contribution in [0.25, 0.3) is 0 Å². The monoisotopic (exact) mass is 1160 g/mol. The molecule has 6 aromatic rings. The van der Waals surface area contributed by atoms with Gasteiger partial charge in [-0.05, 0) is 165 Å². The minimum atomic E-state index is -3.46. The van der Waals surface area contributed by atoms with E-state index in [9.17, 15) is 23.8 Å². The predicted molar refractivity (Wildman–Crippen MR) is 310 cm³/mol. The Kier molecular flexibility index (Phi) is 24.2. The summed E-state index contributed by atoms with van der Waals surface area (Å²) in [7, 11) is -6.83. The minimum absolute atomic E-state index is 0.243. The van der Waals surface area contributed by atoms with E-state index in [0.29, 0.717) is 95.4 Å². The highest BCUT2D eigenvalue weighted by atomic mass is 79.9. The molecule has 0 radical (unpaired) electrons. The molecular weight excluding hydrogens is 1090 g/mol. The molecule has 6 rings (SSSR count). The molecule has 0 aliphatic heterocycles. The summed E-state index contributed by atoms with van der Waals surface area (Å²) in [5, 5.41) is 16.8. The molecule has 412 valence electrons. The molecule has 2 aromatic heterocycles. The number of benzene rings is 4. The van der Waals surface area contributed by atoms with E-state index in [-0.39, 0.29) is 18.6 Å². The number of hydrogen-bond donors (Lipinski definition) is 3. The first-order chi connectivity index (χ1) is 37.2. The van der Waals surface area contributed by atoms with Gasteiger partial charge in [0.05, 0.1) is 44.4 Å². The molecular formula is C60H69BrN4O11P2. The molecule has 0 bridgehead atoms. The number of nitrogens with zero attached hydrogens (tertiary/aromatic N) is 2. The van der Waals surface area contributed by atoms with Crippen molar-refractivity contribution in [2.45, 2.75) is 91.4 Å². The second kappa shape index (κ2) is 30.4. The maximum atomic E-state index is 14.0. The number of aromatic nitrogens is 2. The molecule has 0 saturated carbocycles. The molecule has 0 spiro atoms. The van der Waals surface area contributed by atoms with Crippen LogP contribution in [0.1, 0.15) is 102 Å². The lowest BCUT2D eigenvalue weighted by Gasteiger charge is -2.19. The van der Waals surface area contributed by atoms with Crippen molar-refractivity contribution in [3.63, 3.8) is 0 Å². The van der Waals surface area contributed by atoms with Gasteiger partial charge in [0.15, 0.2) is 0 Å². The Bertz CT molecular complexity index is 2900. The average molecular weight is 1160 g/mol. The number of aliphatic hydroxyl groups is 1. The van der Waals surface area contributed by atoms with Gasteiger partial charge in [0.2, 0.25) is 0 Å². The topological polar surface area (TPSA) is 194 Å². The number of alkyl carbamates (subject to hydrolysis) is 2. The second-order valence-corrected chi connectivity index (χ2v) is 24.4. The Labute approximate surface area is 467 Å². The molecule has 0 saturated heterocycles. The molecule has 2 atom stereocenters. The van der Waals surface area contributed by atoms with Crippen molar-refractivity contribution < 1.29 is 51.8 Å². The Morgan fingerprint density at radius 2 is 0.923 bits per heavy atom. The number of aliphatic hydroxyl groups excluding tert-OH is 1. The van der Waals surface area contributed by atoms with Crippen molar-refractivity contribution in [3.05, 3.63) is 167 Å². The van der Waals surface area contributed by atoms with Crippen LogP contribution < -0.4 is 41.6 Å². The lowest BCUT2D eigenvalue weighted by molar-refractivity contribution is 0.0513. The van der Waals surface area contributed by atoms with Crippen molar-refractivity contribution in [1.29, 1.82) is 0 Å². The summed E-state index contributed by atoms with van der Waals surface area (Å²) >= 11 is 3.46. The smallest absolute Gasteiger partial charge is 0.407 e. The third-order valence-electron chi connectivity index (χ3n) is 10.4. The summed E-state index contributed by atoms with van der Waals surface area (Å²) in [6.07, 6.45) is 0.400. The van der Waals surface area contributed by atoms with Gasteiger partial charge in [-0.25, -0.2) is 19.6 Å². The molecule has 4 aromatic carbocycles. The molecule has 18 heteroatoms. The van der Waals surface area contributed by atoms with Crippen molar-refractivity contribution in [2.24, 2.45) is 0 Å². The van der Waals surface area contributed by atoms with E-state index in [4.69, 9.17) is 28.0 Å². The van der Waals surface area contributed by atoms with Gasteiger partial charge in [0.25, 0.3) is 14.7 Å². The second-order valence-electron chi connectivity index (χ2n) is 19.1. The molecule has 3 N–H and O–H groups in total. The third-order valence-corrected chi connectivity index (χ3v) is 15.8. The molecule has 0 aliphatic rings. The van der Waals surface area contributed by atoms with Crippen LogP contribution in [-0.2, 0) is 39.6 Å². The van der Waals surface area contributed by atoms with Gasteiger partial charge < -0.3 is 43.7 Å². The van der Waals surface area contributed by atoms with Crippen LogP contribution >= 0.6 is 30.7 Å². The highest BCUT2D eigenvalue weighted by Gasteiger charge is 2.32. The zero-order valence-electron chi connectivity index (χ0n) is 45.5. The Balaban J connectivity index is 0.000000287. The summed E-state index contributed by atoms with van der Waals surface area (Å²) in [4.78, 5) is 32.3. The SMILES string of the molecule is CCOP(=O)(c1ccccc1)c1cc(C#Cc2ccc(OCCCNC(=O)OC(C)(C)C)cc2)cc(CBr)n1.CCOP(=O)(c1ccccc1)c1cc(C#Cc2ccc(OCCCNC(=O)OC(C)(C)C)cc2)cc(CO)n1. The predicted octanol–water partition coefficient (Wildman–Crippen LogP) is 10.5. The van der Waals surface area contributed by atoms with Gasteiger partial charge >= 0.3 is 12.2 Å². The van der Waals surface area contributed by atoms with Crippen molar-refractivity contribution in [2.75, 3.05) is 39.5 Å². The summed E-state index contributed by atoms with van der Waals surface area (Å²) in [5.41, 5.74) is 3.49. The van der Waals surface area contributed by atoms with Crippen LogP contribution in [0.4, 0.5) is 9.59 Å². The van der Waals surface area contributed by atoms with E-state index in [1.807, 2.05) is 127 Å². The summed E-state index contributed by atoms with van der Waals surface area (Å²) in [6, 6.07) is 39.8. The normalized spacial score (nSPS) is 12.5. The van der Waals surface area contributed by atoms with Crippen molar-refractivity contribution in [3.8, 4) is 35.2 Å². The fourth-order valence-corrected chi connectivity index (χ4v) is 11.4. The van der Waals surface area contributed by atoms with E-state index in [2.05, 4.69) is 60.2 Å². The first kappa shape index (κ1) is 62.1. The van der Waals surface area contributed by atoms with Crippen molar-refractivity contribution >= 4 is 64.3 Å². The Morgan fingerprint density at radius 3 is 1.28 bits per heavy atom. The van der Waals surface area contributed by atoms with E-state index in [1.165, 1.54) is 0 Å². The maximum absolute atomic E-state index is 14.0. The van der Waals surface area contributed by atoms with E-state index < -0.39 is 38.1 Å². The number of rotatable bonds is 20. The van der Waals surface area contributed by atoms with Gasteiger partial charge in [-0.1, -0.05) is 76.0 Å². The minimum Gasteiger partial charge on any atom is -0.494 e. The molecule has 15 nitrogen and oxygen atoms in total. The first-order valence-corrected chi connectivity index (χ1v) is 29.9. The maximum Gasteiger partial charge on any atom is 0.407 e. The van der Waals surface area contributed by atoms with E-state index in [1.54, 1.807) is 61.5 Å². The largest absolute Gasteiger partial charge is 0.494 e. The van der Waals surface area contributed by atoms with Crippen molar-refractivity contribution in [1.82, 2.24) is 20.6 Å². The summed E-state index contributed by atoms with van der Waals surface area (Å²) in [5.74, 6) is 13.9. The van der Waals surface area contributed by atoms with Crippen LogP contribution in [0.3, 0.4) is 0 Å². The average Bonchev–Trinajstić information content (AvgIpc) is 3.53. The number of carbonyl (C=O) groups is 2. The quantitative estimate of drug-likeness (QED) is 0.0283. The molecule has 2 amide bonds. The molecule has 78 heavy (non-hydrogen) atoms. The Morgan fingerprint density at radius 1 is 0.551 bits per heavy atom. The van der Waals surface area contributed by atoms with E-state index in [0.717, 1.165) is 16.8 Å². The lowest BCUT2D eigenvalue weighted by Crippen LogP contribution is -2.33. The fraction of sp³-hybridized carbons (Fsp3) is 0.333. The number of alkyl halides is 1. The van der Waals surface area contributed by atoms with Gasteiger partial charge in [0.1, 0.15) is 33.6 Å². The standard InChI is InChI=1S/C30H34BrN2O5P.C30H35N2O6P/c1-5-37-39(35,27-10-7-6-8-11-27)28-21-24(20-25(22-31)33-28)13-12-23-14-16-26(17-15-23)36-19-9-18-32-29(34)38-30(2,3)4;1-5-37-39(35,27-10-7-6-8-11-27)28-21-24(20-25(22-33)32-28)13-12-23-14-16-26(17-15-23)36-19-9-18-31-29(34)38-30(2,3)4/h6-8,10-11,14-17,20-21H,5,9,18-19,22H2,1-4H3,(H,32,34);6-8,10-11,14-17,20-21,33H,5,9,18-19,22H2,1-4H3,(H,31,34). The highest BCUT2D eigenvalue weighted by molar-refractivity contribution is 9.08. The number of amides is 2. The van der Waals surface area contributed by atoms with Gasteiger partial charge in [-0.3, -0.25) is 9.13 Å². The third kappa shape index (κ3) is 20.6. The van der Waals surface area contributed by atoms with E-state index >= 15 is 0 Å².